The first-order chi connectivity index (χ1) is 6.86. The number of rotatable bonds is 5. The van der Waals surface area contributed by atoms with Gasteiger partial charge in [-0.1, -0.05) is 6.07 Å². The minimum atomic E-state index is 0.693. The maximum atomic E-state index is 4.30. The van der Waals surface area contributed by atoms with Crippen molar-refractivity contribution in [2.24, 2.45) is 5.92 Å². The van der Waals surface area contributed by atoms with Crippen molar-refractivity contribution < 1.29 is 0 Å². The Balaban J connectivity index is 1.67. The van der Waals surface area contributed by atoms with Crippen LogP contribution >= 0.6 is 0 Å². The van der Waals surface area contributed by atoms with E-state index in [1.165, 1.54) is 18.5 Å². The van der Waals surface area contributed by atoms with E-state index in [2.05, 4.69) is 23.3 Å². The smallest absolute Gasteiger partial charge is 0.0416 e. The summed E-state index contributed by atoms with van der Waals surface area (Å²) in [5.41, 5.74) is 1.18. The van der Waals surface area contributed by atoms with Crippen molar-refractivity contribution in [3.05, 3.63) is 30.1 Å². The highest BCUT2D eigenvalue weighted by Gasteiger charge is 2.27. The minimum Gasteiger partial charge on any atom is -0.314 e. The number of aromatic nitrogens is 1. The molecule has 1 atom stereocenters. The molecule has 1 aromatic rings. The van der Waals surface area contributed by atoms with Crippen molar-refractivity contribution >= 4 is 0 Å². The highest BCUT2D eigenvalue weighted by molar-refractivity contribution is 5.03. The maximum Gasteiger partial charge on any atom is 0.0416 e. The lowest BCUT2D eigenvalue weighted by molar-refractivity contribution is 0.498. The summed E-state index contributed by atoms with van der Waals surface area (Å²) in [6, 6.07) is 6.79. The van der Waals surface area contributed by atoms with Crippen LogP contribution in [-0.2, 0) is 6.42 Å². The second kappa shape index (κ2) is 4.56. The highest BCUT2D eigenvalue weighted by Crippen LogP contribution is 2.32. The summed E-state index contributed by atoms with van der Waals surface area (Å²) in [7, 11) is 0. The Morgan fingerprint density at radius 2 is 2.36 bits per heavy atom. The van der Waals surface area contributed by atoms with Gasteiger partial charge >= 0.3 is 0 Å². The van der Waals surface area contributed by atoms with Crippen molar-refractivity contribution in [3.8, 4) is 0 Å². The maximum absolute atomic E-state index is 4.30. The van der Waals surface area contributed by atoms with Crippen LogP contribution in [0.15, 0.2) is 24.4 Å². The summed E-state index contributed by atoms with van der Waals surface area (Å²) in [5, 5.41) is 3.55. The molecule has 1 aromatic heterocycles. The molecule has 1 aliphatic rings. The van der Waals surface area contributed by atoms with Gasteiger partial charge in [0.15, 0.2) is 0 Å². The number of hydrogen-bond acceptors (Lipinski definition) is 2. The molecule has 1 fully saturated rings. The topological polar surface area (TPSA) is 24.9 Å². The van der Waals surface area contributed by atoms with Crippen molar-refractivity contribution in [2.75, 3.05) is 6.54 Å². The molecule has 0 bridgehead atoms. The van der Waals surface area contributed by atoms with E-state index in [4.69, 9.17) is 0 Å². The summed E-state index contributed by atoms with van der Waals surface area (Å²) < 4.78 is 0. The molecular weight excluding hydrogens is 172 g/mol. The third kappa shape index (κ3) is 2.81. The van der Waals surface area contributed by atoms with E-state index in [0.717, 1.165) is 18.9 Å². The molecule has 0 aliphatic heterocycles. The van der Waals surface area contributed by atoms with Crippen molar-refractivity contribution in [2.45, 2.75) is 32.2 Å². The van der Waals surface area contributed by atoms with Crippen LogP contribution < -0.4 is 5.32 Å². The van der Waals surface area contributed by atoms with Crippen LogP contribution in [0.25, 0.3) is 0 Å². The standard InChI is InChI=1S/C12H18N2/c1-10(11-5-6-11)13-9-7-12-4-2-3-8-14-12/h2-4,8,10-11,13H,5-7,9H2,1H3/t10-/m0/s1. The number of nitrogens with zero attached hydrogens (tertiary/aromatic N) is 1. The molecule has 0 amide bonds. The Kier molecular flexibility index (Phi) is 3.14. The molecule has 76 valence electrons. The SMILES string of the molecule is C[C@H](NCCc1ccccn1)C1CC1. The zero-order chi connectivity index (χ0) is 9.80. The van der Waals surface area contributed by atoms with E-state index in [0.29, 0.717) is 6.04 Å². The second-order valence-electron chi connectivity index (χ2n) is 4.15. The molecular formula is C12H18N2. The largest absolute Gasteiger partial charge is 0.314 e. The quantitative estimate of drug-likeness (QED) is 0.768. The highest BCUT2D eigenvalue weighted by atomic mass is 14.9. The van der Waals surface area contributed by atoms with Gasteiger partial charge in [0, 0.05) is 30.9 Å². The van der Waals surface area contributed by atoms with E-state index in [-0.39, 0.29) is 0 Å². The van der Waals surface area contributed by atoms with Crippen LogP contribution in [0.4, 0.5) is 0 Å². The van der Waals surface area contributed by atoms with Crippen LogP contribution in [0, 0.1) is 5.92 Å². The molecule has 2 nitrogen and oxygen atoms in total. The van der Waals surface area contributed by atoms with Crippen LogP contribution in [0.2, 0.25) is 0 Å². The summed E-state index contributed by atoms with van der Waals surface area (Å²) in [6.45, 7) is 3.34. The lowest BCUT2D eigenvalue weighted by atomic mass is 10.2. The Labute approximate surface area is 85.7 Å². The van der Waals surface area contributed by atoms with Gasteiger partial charge in [-0.25, -0.2) is 0 Å². The van der Waals surface area contributed by atoms with Gasteiger partial charge in [-0.3, -0.25) is 4.98 Å². The third-order valence-electron chi connectivity index (χ3n) is 2.90. The molecule has 14 heavy (non-hydrogen) atoms. The molecule has 2 heteroatoms. The van der Waals surface area contributed by atoms with Crippen molar-refractivity contribution in [3.63, 3.8) is 0 Å². The minimum absolute atomic E-state index is 0.693. The number of nitrogens with one attached hydrogen (secondary N) is 1. The molecule has 0 unspecified atom stereocenters. The summed E-state index contributed by atoms with van der Waals surface area (Å²) in [6.07, 6.45) is 5.73. The van der Waals surface area contributed by atoms with Crippen LogP contribution in [-0.4, -0.2) is 17.6 Å². The molecule has 0 saturated heterocycles. The Hall–Kier alpha value is -0.890. The van der Waals surface area contributed by atoms with Gasteiger partial charge in [0.1, 0.15) is 0 Å². The first-order valence-electron chi connectivity index (χ1n) is 5.49. The van der Waals surface area contributed by atoms with Gasteiger partial charge in [-0.15, -0.1) is 0 Å². The lowest BCUT2D eigenvalue weighted by Crippen LogP contribution is -2.29. The second-order valence-corrected chi connectivity index (χ2v) is 4.15. The van der Waals surface area contributed by atoms with E-state index in [1.54, 1.807) is 0 Å². The first kappa shape index (κ1) is 9.66. The van der Waals surface area contributed by atoms with Gasteiger partial charge in [0.25, 0.3) is 0 Å². The monoisotopic (exact) mass is 190 g/mol. The Morgan fingerprint density at radius 1 is 1.50 bits per heavy atom. The predicted octanol–water partition coefficient (Wildman–Crippen LogP) is 2.01. The summed E-state index contributed by atoms with van der Waals surface area (Å²) in [4.78, 5) is 4.30. The molecule has 1 heterocycles. The normalized spacial score (nSPS) is 18.1. The van der Waals surface area contributed by atoms with E-state index < -0.39 is 0 Å². The van der Waals surface area contributed by atoms with Crippen LogP contribution in [0.5, 0.6) is 0 Å². The van der Waals surface area contributed by atoms with Gasteiger partial charge in [-0.2, -0.15) is 0 Å². The van der Waals surface area contributed by atoms with Crippen LogP contribution in [0.1, 0.15) is 25.5 Å². The molecule has 0 radical (unpaired) electrons. The molecule has 1 aliphatic carbocycles. The molecule has 2 rings (SSSR count). The average molecular weight is 190 g/mol. The first-order valence-corrected chi connectivity index (χ1v) is 5.49. The Morgan fingerprint density at radius 3 is 3.00 bits per heavy atom. The molecule has 0 aromatic carbocycles. The zero-order valence-corrected chi connectivity index (χ0v) is 8.74. The fourth-order valence-electron chi connectivity index (χ4n) is 1.74. The van der Waals surface area contributed by atoms with Crippen molar-refractivity contribution in [1.29, 1.82) is 0 Å². The average Bonchev–Trinajstić information content (AvgIpc) is 3.02. The fraction of sp³-hybridized carbons (Fsp3) is 0.583. The van der Waals surface area contributed by atoms with E-state index >= 15 is 0 Å². The molecule has 0 spiro atoms. The van der Waals surface area contributed by atoms with Crippen molar-refractivity contribution in [1.82, 2.24) is 10.3 Å². The molecule has 1 saturated carbocycles. The Bertz CT molecular complexity index is 267. The predicted molar refractivity (Wildman–Crippen MR) is 58.1 cm³/mol. The lowest BCUT2D eigenvalue weighted by Gasteiger charge is -2.11. The zero-order valence-electron chi connectivity index (χ0n) is 8.74. The summed E-state index contributed by atoms with van der Waals surface area (Å²) >= 11 is 0. The fourth-order valence-corrected chi connectivity index (χ4v) is 1.74. The molecule has 1 N–H and O–H groups in total. The number of hydrogen-bond donors (Lipinski definition) is 1. The van der Waals surface area contributed by atoms with Gasteiger partial charge < -0.3 is 5.32 Å². The van der Waals surface area contributed by atoms with Gasteiger partial charge in [0.2, 0.25) is 0 Å². The van der Waals surface area contributed by atoms with Crippen LogP contribution in [0.3, 0.4) is 0 Å². The van der Waals surface area contributed by atoms with Gasteiger partial charge in [0.05, 0.1) is 0 Å². The van der Waals surface area contributed by atoms with E-state index in [9.17, 15) is 0 Å². The summed E-state index contributed by atoms with van der Waals surface area (Å²) in [5.74, 6) is 0.943. The number of pyridine rings is 1. The third-order valence-corrected chi connectivity index (χ3v) is 2.90. The van der Waals surface area contributed by atoms with Gasteiger partial charge in [-0.05, 0) is 37.8 Å². The van der Waals surface area contributed by atoms with E-state index in [1.807, 2.05) is 18.3 Å².